The van der Waals surface area contributed by atoms with E-state index in [0.29, 0.717) is 11.8 Å². The van der Waals surface area contributed by atoms with Gasteiger partial charge in [0, 0.05) is 5.92 Å². The maximum absolute atomic E-state index is 8.64. The molecule has 2 rings (SSSR count). The first-order valence-corrected chi connectivity index (χ1v) is 4.76. The Morgan fingerprint density at radius 3 is 2.38 bits per heavy atom. The van der Waals surface area contributed by atoms with E-state index >= 15 is 0 Å². The van der Waals surface area contributed by atoms with E-state index in [-0.39, 0.29) is 0 Å². The van der Waals surface area contributed by atoms with Crippen LogP contribution >= 0.6 is 0 Å². The van der Waals surface area contributed by atoms with Crippen LogP contribution in [0.3, 0.4) is 0 Å². The molecule has 1 heteroatoms. The van der Waals surface area contributed by atoms with Crippen LogP contribution in [0.25, 0.3) is 0 Å². The Labute approximate surface area is 79.0 Å². The van der Waals surface area contributed by atoms with Gasteiger partial charge in [-0.2, -0.15) is 5.26 Å². The van der Waals surface area contributed by atoms with Crippen molar-refractivity contribution < 1.29 is 0 Å². The zero-order valence-electron chi connectivity index (χ0n) is 7.83. The quantitative estimate of drug-likeness (QED) is 0.637. The van der Waals surface area contributed by atoms with Crippen LogP contribution < -0.4 is 0 Å². The summed E-state index contributed by atoms with van der Waals surface area (Å²) in [6.07, 6.45) is 2.11. The van der Waals surface area contributed by atoms with Gasteiger partial charge in [-0.25, -0.2) is 0 Å². The predicted molar refractivity (Wildman–Crippen MR) is 52.3 cm³/mol. The van der Waals surface area contributed by atoms with Gasteiger partial charge in [0.25, 0.3) is 0 Å². The second kappa shape index (κ2) is 3.22. The lowest BCUT2D eigenvalue weighted by Crippen LogP contribution is -2.20. The fourth-order valence-corrected chi connectivity index (χ4v) is 1.83. The van der Waals surface area contributed by atoms with E-state index in [1.54, 1.807) is 0 Å². The molecule has 0 heterocycles. The molecule has 0 radical (unpaired) electrons. The van der Waals surface area contributed by atoms with Gasteiger partial charge in [0.05, 0.1) is 6.07 Å². The predicted octanol–water partition coefficient (Wildman–Crippen LogP) is 3.01. The highest BCUT2D eigenvalue weighted by atomic mass is 14.4. The fourth-order valence-electron chi connectivity index (χ4n) is 1.83. The molecule has 66 valence electrons. The van der Waals surface area contributed by atoms with Crippen molar-refractivity contribution in [1.29, 1.82) is 5.26 Å². The highest BCUT2D eigenvalue weighted by Gasteiger charge is 2.29. The third kappa shape index (κ3) is 1.58. The lowest BCUT2D eigenvalue weighted by Gasteiger charge is -2.30. The Balaban J connectivity index is 2.04. The van der Waals surface area contributed by atoms with E-state index in [1.807, 2.05) is 0 Å². The third-order valence-corrected chi connectivity index (χ3v) is 2.87. The molecule has 13 heavy (non-hydrogen) atoms. The lowest BCUT2D eigenvalue weighted by atomic mass is 9.72. The van der Waals surface area contributed by atoms with Gasteiger partial charge in [-0.15, -0.1) is 0 Å². The van der Waals surface area contributed by atoms with Crippen LogP contribution in [0.4, 0.5) is 0 Å². The lowest BCUT2D eigenvalue weighted by molar-refractivity contribution is 0.331. The topological polar surface area (TPSA) is 23.8 Å². The minimum absolute atomic E-state index is 0.311. The Hall–Kier alpha value is -1.29. The summed E-state index contributed by atoms with van der Waals surface area (Å²) in [5.41, 5.74) is 2.71. The molecule has 0 bridgehead atoms. The highest BCUT2D eigenvalue weighted by Crippen LogP contribution is 2.40. The summed E-state index contributed by atoms with van der Waals surface area (Å²) in [7, 11) is 0. The number of aryl methyl sites for hydroxylation is 1. The van der Waals surface area contributed by atoms with Crippen LogP contribution in [0.1, 0.15) is 29.9 Å². The highest BCUT2D eigenvalue weighted by molar-refractivity contribution is 5.27. The number of nitriles is 1. The number of benzene rings is 1. The van der Waals surface area contributed by atoms with Crippen molar-refractivity contribution in [3.8, 4) is 6.07 Å². The van der Waals surface area contributed by atoms with Gasteiger partial charge >= 0.3 is 0 Å². The average molecular weight is 171 g/mol. The van der Waals surface area contributed by atoms with E-state index in [2.05, 4.69) is 37.3 Å². The minimum Gasteiger partial charge on any atom is -0.198 e. The van der Waals surface area contributed by atoms with Crippen LogP contribution in [-0.4, -0.2) is 0 Å². The summed E-state index contributed by atoms with van der Waals surface area (Å²) in [6.45, 7) is 2.10. The molecule has 0 unspecified atom stereocenters. The van der Waals surface area contributed by atoms with Gasteiger partial charge in [-0.3, -0.25) is 0 Å². The van der Waals surface area contributed by atoms with Gasteiger partial charge < -0.3 is 0 Å². The monoisotopic (exact) mass is 171 g/mol. The van der Waals surface area contributed by atoms with E-state index in [4.69, 9.17) is 5.26 Å². The smallest absolute Gasteiger partial charge is 0.0656 e. The SMILES string of the molecule is Cc1ccc(C2CC(C#N)C2)cc1. The van der Waals surface area contributed by atoms with Crippen molar-refractivity contribution in [2.75, 3.05) is 0 Å². The summed E-state index contributed by atoms with van der Waals surface area (Å²) >= 11 is 0. The summed E-state index contributed by atoms with van der Waals surface area (Å²) in [4.78, 5) is 0. The van der Waals surface area contributed by atoms with Crippen LogP contribution in [0.5, 0.6) is 0 Å². The molecule has 0 atom stereocenters. The summed E-state index contributed by atoms with van der Waals surface area (Å²) in [5, 5.41) is 8.64. The molecule has 1 aromatic rings. The van der Waals surface area contributed by atoms with Crippen molar-refractivity contribution >= 4 is 0 Å². The molecule has 0 aliphatic heterocycles. The first-order valence-electron chi connectivity index (χ1n) is 4.76. The molecule has 1 saturated carbocycles. The van der Waals surface area contributed by atoms with E-state index < -0.39 is 0 Å². The summed E-state index contributed by atoms with van der Waals surface area (Å²) < 4.78 is 0. The zero-order chi connectivity index (χ0) is 9.26. The third-order valence-electron chi connectivity index (χ3n) is 2.87. The van der Waals surface area contributed by atoms with Gasteiger partial charge in [0.2, 0.25) is 0 Å². The van der Waals surface area contributed by atoms with Gasteiger partial charge in [0.1, 0.15) is 0 Å². The molecule has 1 fully saturated rings. The maximum atomic E-state index is 8.64. The largest absolute Gasteiger partial charge is 0.198 e. The van der Waals surface area contributed by atoms with Crippen LogP contribution in [0.2, 0.25) is 0 Å². The number of rotatable bonds is 1. The fraction of sp³-hybridized carbons (Fsp3) is 0.417. The number of nitrogens with zero attached hydrogens (tertiary/aromatic N) is 1. The van der Waals surface area contributed by atoms with Crippen molar-refractivity contribution in [1.82, 2.24) is 0 Å². The molecule has 0 amide bonds. The second-order valence-corrected chi connectivity index (χ2v) is 3.91. The molecular formula is C12H13N. The molecule has 0 spiro atoms. The number of hydrogen-bond acceptors (Lipinski definition) is 1. The van der Waals surface area contributed by atoms with Crippen molar-refractivity contribution in [3.63, 3.8) is 0 Å². The second-order valence-electron chi connectivity index (χ2n) is 3.91. The van der Waals surface area contributed by atoms with E-state index in [9.17, 15) is 0 Å². The maximum Gasteiger partial charge on any atom is 0.0656 e. The van der Waals surface area contributed by atoms with Crippen LogP contribution in [0, 0.1) is 24.2 Å². The van der Waals surface area contributed by atoms with Gasteiger partial charge in [-0.1, -0.05) is 29.8 Å². The van der Waals surface area contributed by atoms with E-state index in [1.165, 1.54) is 11.1 Å². The Morgan fingerprint density at radius 1 is 1.23 bits per heavy atom. The first-order chi connectivity index (χ1) is 6.29. The zero-order valence-corrected chi connectivity index (χ0v) is 7.83. The normalized spacial score (nSPS) is 26.2. The van der Waals surface area contributed by atoms with Crippen molar-refractivity contribution in [2.45, 2.75) is 25.7 Å². The molecule has 0 N–H and O–H groups in total. The molecule has 1 aliphatic carbocycles. The molecular weight excluding hydrogens is 158 g/mol. The molecule has 1 aromatic carbocycles. The molecule has 0 aromatic heterocycles. The van der Waals surface area contributed by atoms with Gasteiger partial charge in [0.15, 0.2) is 0 Å². The summed E-state index contributed by atoms with van der Waals surface area (Å²) in [6, 6.07) is 11.0. The van der Waals surface area contributed by atoms with Crippen molar-refractivity contribution in [2.24, 2.45) is 5.92 Å². The first kappa shape index (κ1) is 8.31. The van der Waals surface area contributed by atoms with Gasteiger partial charge in [-0.05, 0) is 31.2 Å². The standard InChI is InChI=1S/C12H13N/c1-9-2-4-11(5-3-9)12-6-10(7-12)8-13/h2-5,10,12H,6-7H2,1H3. The molecule has 1 nitrogen and oxygen atoms in total. The summed E-state index contributed by atoms with van der Waals surface area (Å²) in [5.74, 6) is 0.955. The molecule has 1 aliphatic rings. The Bertz CT molecular complexity index is 325. The number of hydrogen-bond donors (Lipinski definition) is 0. The molecule has 0 saturated heterocycles. The minimum atomic E-state index is 0.311. The van der Waals surface area contributed by atoms with Crippen molar-refractivity contribution in [3.05, 3.63) is 35.4 Å². The van der Waals surface area contributed by atoms with E-state index in [0.717, 1.165) is 12.8 Å². The Morgan fingerprint density at radius 2 is 1.85 bits per heavy atom. The average Bonchev–Trinajstić information content (AvgIpc) is 2.06. The Kier molecular flexibility index (Phi) is 2.06. The van der Waals surface area contributed by atoms with Crippen LogP contribution in [0.15, 0.2) is 24.3 Å². The van der Waals surface area contributed by atoms with Crippen LogP contribution in [-0.2, 0) is 0 Å².